The first-order chi connectivity index (χ1) is 11.0. The number of piperazine rings is 1. The number of carbonyl (C=O) groups is 1. The van der Waals surface area contributed by atoms with Crippen molar-refractivity contribution < 1.29 is 13.6 Å². The van der Waals surface area contributed by atoms with Gasteiger partial charge in [0.25, 0.3) is 5.91 Å². The third-order valence-corrected chi connectivity index (χ3v) is 4.14. The Kier molecular flexibility index (Phi) is 4.48. The van der Waals surface area contributed by atoms with Crippen LogP contribution in [-0.4, -0.2) is 37.0 Å². The third-order valence-electron chi connectivity index (χ3n) is 3.91. The molecule has 0 bridgehead atoms. The van der Waals surface area contributed by atoms with E-state index in [-0.39, 0.29) is 5.91 Å². The summed E-state index contributed by atoms with van der Waals surface area (Å²) in [6.07, 6.45) is 0. The average molecular weight is 337 g/mol. The molecule has 6 heteroatoms. The number of benzene rings is 2. The molecule has 0 saturated carbocycles. The highest BCUT2D eigenvalue weighted by Crippen LogP contribution is 2.20. The van der Waals surface area contributed by atoms with Crippen molar-refractivity contribution in [3.63, 3.8) is 0 Å². The number of anilines is 1. The van der Waals surface area contributed by atoms with Gasteiger partial charge in [0.2, 0.25) is 0 Å². The Bertz CT molecular complexity index is 730. The van der Waals surface area contributed by atoms with Crippen molar-refractivity contribution in [2.24, 2.45) is 0 Å². The van der Waals surface area contributed by atoms with Gasteiger partial charge in [-0.1, -0.05) is 17.7 Å². The van der Waals surface area contributed by atoms with Gasteiger partial charge in [-0.2, -0.15) is 0 Å². The van der Waals surface area contributed by atoms with E-state index in [0.717, 1.165) is 6.07 Å². The van der Waals surface area contributed by atoms with Gasteiger partial charge in [-0.25, -0.2) is 8.78 Å². The summed E-state index contributed by atoms with van der Waals surface area (Å²) in [7, 11) is 0. The first kappa shape index (κ1) is 15.7. The van der Waals surface area contributed by atoms with Crippen LogP contribution in [0.2, 0.25) is 5.02 Å². The zero-order valence-electron chi connectivity index (χ0n) is 12.3. The van der Waals surface area contributed by atoms with Gasteiger partial charge in [0.15, 0.2) is 11.6 Å². The first-order valence-electron chi connectivity index (χ1n) is 7.29. The Hall–Kier alpha value is -2.14. The molecule has 3 rings (SSSR count). The number of halogens is 3. The van der Waals surface area contributed by atoms with Gasteiger partial charge in [0, 0.05) is 48.5 Å². The van der Waals surface area contributed by atoms with Crippen LogP contribution in [0.25, 0.3) is 0 Å². The summed E-state index contributed by atoms with van der Waals surface area (Å²) >= 11 is 5.91. The van der Waals surface area contributed by atoms with Crippen LogP contribution in [0, 0.1) is 11.6 Å². The fraction of sp³-hybridized carbons (Fsp3) is 0.235. The van der Waals surface area contributed by atoms with Gasteiger partial charge in [-0.15, -0.1) is 0 Å². The van der Waals surface area contributed by atoms with Gasteiger partial charge in [0.1, 0.15) is 0 Å². The second-order valence-corrected chi connectivity index (χ2v) is 5.82. The van der Waals surface area contributed by atoms with Crippen molar-refractivity contribution in [2.45, 2.75) is 0 Å². The van der Waals surface area contributed by atoms with Gasteiger partial charge in [-0.3, -0.25) is 4.79 Å². The van der Waals surface area contributed by atoms with Crippen molar-refractivity contribution in [1.29, 1.82) is 0 Å². The van der Waals surface area contributed by atoms with E-state index in [4.69, 9.17) is 11.6 Å². The van der Waals surface area contributed by atoms with Gasteiger partial charge < -0.3 is 9.80 Å². The van der Waals surface area contributed by atoms with Gasteiger partial charge in [0.05, 0.1) is 0 Å². The highest BCUT2D eigenvalue weighted by Gasteiger charge is 2.22. The molecule has 0 unspecified atom stereocenters. The lowest BCUT2D eigenvalue weighted by molar-refractivity contribution is 0.0747. The van der Waals surface area contributed by atoms with Gasteiger partial charge in [-0.05, 0) is 30.3 Å². The molecule has 0 N–H and O–H groups in total. The second kappa shape index (κ2) is 6.54. The second-order valence-electron chi connectivity index (χ2n) is 5.39. The molecule has 1 saturated heterocycles. The molecule has 1 aliphatic heterocycles. The zero-order chi connectivity index (χ0) is 16.4. The largest absolute Gasteiger partial charge is 0.368 e. The summed E-state index contributed by atoms with van der Waals surface area (Å²) in [5.41, 5.74) is 1.18. The number of rotatable bonds is 2. The highest BCUT2D eigenvalue weighted by molar-refractivity contribution is 6.30. The lowest BCUT2D eigenvalue weighted by Gasteiger charge is -2.36. The van der Waals surface area contributed by atoms with Crippen LogP contribution in [0.5, 0.6) is 0 Å². The zero-order valence-corrected chi connectivity index (χ0v) is 13.1. The Morgan fingerprint density at radius 3 is 2.35 bits per heavy atom. The van der Waals surface area contributed by atoms with E-state index < -0.39 is 11.6 Å². The smallest absolute Gasteiger partial charge is 0.254 e. The molecule has 3 nitrogen and oxygen atoms in total. The Morgan fingerprint density at radius 1 is 0.957 bits per heavy atom. The fourth-order valence-corrected chi connectivity index (χ4v) is 2.84. The van der Waals surface area contributed by atoms with Crippen LogP contribution in [0.4, 0.5) is 14.5 Å². The Morgan fingerprint density at radius 2 is 1.70 bits per heavy atom. The molecule has 1 amide bonds. The Labute approximate surface area is 138 Å². The standard InChI is InChI=1S/C17H15ClF2N2O/c18-13-3-1-2-12(10-13)17(23)22-8-6-21(7-9-22)14-4-5-15(19)16(20)11-14/h1-5,10-11H,6-9H2. The maximum Gasteiger partial charge on any atom is 0.254 e. The number of hydrogen-bond donors (Lipinski definition) is 0. The minimum atomic E-state index is -0.861. The van der Waals surface area contributed by atoms with Crippen molar-refractivity contribution >= 4 is 23.2 Å². The molecule has 0 radical (unpaired) electrons. The van der Waals surface area contributed by atoms with Crippen molar-refractivity contribution in [3.05, 3.63) is 64.7 Å². The molecule has 0 atom stereocenters. The van der Waals surface area contributed by atoms with Crippen LogP contribution in [0.15, 0.2) is 42.5 Å². The van der Waals surface area contributed by atoms with E-state index in [1.807, 2.05) is 4.90 Å². The Balaban J connectivity index is 1.66. The SMILES string of the molecule is O=C(c1cccc(Cl)c1)N1CCN(c2ccc(F)c(F)c2)CC1. The topological polar surface area (TPSA) is 23.6 Å². The lowest BCUT2D eigenvalue weighted by atomic mass is 10.1. The molecule has 2 aromatic carbocycles. The molecule has 0 aromatic heterocycles. The van der Waals surface area contributed by atoms with E-state index in [1.165, 1.54) is 6.07 Å². The van der Waals surface area contributed by atoms with E-state index >= 15 is 0 Å². The lowest BCUT2D eigenvalue weighted by Crippen LogP contribution is -2.48. The maximum absolute atomic E-state index is 13.3. The first-order valence-corrected chi connectivity index (χ1v) is 7.67. The molecule has 1 fully saturated rings. The van der Waals surface area contributed by atoms with Crippen LogP contribution < -0.4 is 4.90 Å². The summed E-state index contributed by atoms with van der Waals surface area (Å²) in [5, 5.41) is 0.524. The van der Waals surface area contributed by atoms with E-state index in [9.17, 15) is 13.6 Å². The predicted molar refractivity (Wildman–Crippen MR) is 85.9 cm³/mol. The number of amides is 1. The fourth-order valence-electron chi connectivity index (χ4n) is 2.65. The third kappa shape index (κ3) is 3.45. The van der Waals surface area contributed by atoms with Crippen molar-refractivity contribution in [1.82, 2.24) is 4.90 Å². The van der Waals surface area contributed by atoms with Crippen LogP contribution in [0.1, 0.15) is 10.4 Å². The molecular formula is C17H15ClF2N2O. The summed E-state index contributed by atoms with van der Waals surface area (Å²) in [6.45, 7) is 2.17. The molecule has 23 heavy (non-hydrogen) atoms. The van der Waals surface area contributed by atoms with Crippen molar-refractivity contribution in [3.8, 4) is 0 Å². The van der Waals surface area contributed by atoms with Crippen molar-refractivity contribution in [2.75, 3.05) is 31.1 Å². The predicted octanol–water partition coefficient (Wildman–Crippen LogP) is 3.58. The monoisotopic (exact) mass is 336 g/mol. The normalized spacial score (nSPS) is 14.9. The quantitative estimate of drug-likeness (QED) is 0.837. The minimum absolute atomic E-state index is 0.0718. The maximum atomic E-state index is 13.3. The molecule has 1 aliphatic rings. The highest BCUT2D eigenvalue weighted by atomic mass is 35.5. The van der Waals surface area contributed by atoms with E-state index in [1.54, 1.807) is 35.2 Å². The molecule has 120 valence electrons. The molecule has 2 aromatic rings. The van der Waals surface area contributed by atoms with Gasteiger partial charge >= 0.3 is 0 Å². The molecule has 0 aliphatic carbocycles. The van der Waals surface area contributed by atoms with Crippen LogP contribution >= 0.6 is 11.6 Å². The van der Waals surface area contributed by atoms with Crippen LogP contribution in [0.3, 0.4) is 0 Å². The minimum Gasteiger partial charge on any atom is -0.368 e. The summed E-state index contributed by atoms with van der Waals surface area (Å²) < 4.78 is 26.3. The number of carbonyl (C=O) groups excluding carboxylic acids is 1. The summed E-state index contributed by atoms with van der Waals surface area (Å²) in [6, 6.07) is 10.7. The summed E-state index contributed by atoms with van der Waals surface area (Å²) in [5.74, 6) is -1.79. The van der Waals surface area contributed by atoms with Crippen LogP contribution in [-0.2, 0) is 0 Å². The number of hydrogen-bond acceptors (Lipinski definition) is 2. The number of nitrogens with zero attached hydrogens (tertiary/aromatic N) is 2. The molecule has 1 heterocycles. The summed E-state index contributed by atoms with van der Waals surface area (Å²) in [4.78, 5) is 16.1. The van der Waals surface area contributed by atoms with E-state index in [0.29, 0.717) is 42.5 Å². The molecular weight excluding hydrogens is 322 g/mol. The average Bonchev–Trinajstić information content (AvgIpc) is 2.57. The van der Waals surface area contributed by atoms with E-state index in [2.05, 4.69) is 0 Å². The molecule has 0 spiro atoms.